The van der Waals surface area contributed by atoms with Gasteiger partial charge in [0.1, 0.15) is 0 Å². The Balaban J connectivity index is 1.45. The molecule has 1 aliphatic carbocycles. The number of esters is 1. The maximum absolute atomic E-state index is 12.2. The number of ether oxygens (including phenoxy) is 3. The molecule has 2 aromatic rings. The predicted molar refractivity (Wildman–Crippen MR) is 104 cm³/mol. The summed E-state index contributed by atoms with van der Waals surface area (Å²) in [6, 6.07) is 16.9. The van der Waals surface area contributed by atoms with Crippen LogP contribution in [-0.2, 0) is 14.3 Å². The van der Waals surface area contributed by atoms with Crippen LogP contribution in [0.2, 0.25) is 0 Å². The fraction of sp³-hybridized carbons (Fsp3) is 0.364. The molecule has 0 saturated heterocycles. The molecular weight excluding hydrogens is 358 g/mol. The summed E-state index contributed by atoms with van der Waals surface area (Å²) in [5.41, 5.74) is 1.07. The van der Waals surface area contributed by atoms with Gasteiger partial charge < -0.3 is 19.5 Å². The molecule has 2 aromatic carbocycles. The molecule has 0 aromatic heterocycles. The second-order valence-corrected chi connectivity index (χ2v) is 6.62. The molecule has 148 valence electrons. The second kappa shape index (κ2) is 9.78. The number of amides is 1. The molecule has 0 spiro atoms. The van der Waals surface area contributed by atoms with Gasteiger partial charge in [-0.3, -0.25) is 4.79 Å². The summed E-state index contributed by atoms with van der Waals surface area (Å²) in [6.45, 7) is 1.75. The third-order valence-electron chi connectivity index (χ3n) is 4.43. The average molecular weight is 383 g/mol. The summed E-state index contributed by atoms with van der Waals surface area (Å²) in [6.07, 6.45) is 2.18. The third kappa shape index (κ3) is 5.74. The maximum Gasteiger partial charge on any atom is 0.344 e. The molecule has 1 saturated carbocycles. The number of hydrogen-bond donors (Lipinski definition) is 1. The Morgan fingerprint density at radius 1 is 0.964 bits per heavy atom. The van der Waals surface area contributed by atoms with E-state index in [0.717, 1.165) is 18.4 Å². The first-order valence-corrected chi connectivity index (χ1v) is 9.52. The molecule has 1 amide bonds. The largest absolute Gasteiger partial charge is 0.490 e. The van der Waals surface area contributed by atoms with Crippen LogP contribution in [-0.4, -0.2) is 31.7 Å². The standard InChI is InChI=1S/C22H25NO5/c1-2-26-18-10-6-7-11-19(18)27-15-21(25)28-14-20(24)23-22(17-12-13-17)16-8-4-3-5-9-16/h3-11,17,22H,2,12-15H2,1H3,(H,23,24). The zero-order chi connectivity index (χ0) is 19.8. The molecule has 1 N–H and O–H groups in total. The molecule has 28 heavy (non-hydrogen) atoms. The van der Waals surface area contributed by atoms with E-state index in [1.807, 2.05) is 43.3 Å². The highest BCUT2D eigenvalue weighted by molar-refractivity contribution is 5.81. The van der Waals surface area contributed by atoms with Crippen LogP contribution in [0.1, 0.15) is 31.4 Å². The molecule has 3 rings (SSSR count). The summed E-state index contributed by atoms with van der Waals surface area (Å²) in [5.74, 6) is 0.544. The Morgan fingerprint density at radius 3 is 2.25 bits per heavy atom. The fourth-order valence-corrected chi connectivity index (χ4v) is 2.95. The number of hydrogen-bond acceptors (Lipinski definition) is 5. The smallest absolute Gasteiger partial charge is 0.344 e. The van der Waals surface area contributed by atoms with Gasteiger partial charge in [0.15, 0.2) is 24.7 Å². The fourth-order valence-electron chi connectivity index (χ4n) is 2.95. The quantitative estimate of drug-likeness (QED) is 0.638. The minimum atomic E-state index is -0.607. The first-order valence-electron chi connectivity index (χ1n) is 9.52. The number of benzene rings is 2. The summed E-state index contributed by atoms with van der Waals surface area (Å²) in [4.78, 5) is 24.2. The van der Waals surface area contributed by atoms with E-state index in [9.17, 15) is 9.59 Å². The number of nitrogens with one attached hydrogen (secondary N) is 1. The molecule has 6 heteroatoms. The van der Waals surface area contributed by atoms with Gasteiger partial charge in [-0.05, 0) is 43.4 Å². The van der Waals surface area contributed by atoms with Gasteiger partial charge in [-0.15, -0.1) is 0 Å². The lowest BCUT2D eigenvalue weighted by atomic mass is 10.0. The molecular formula is C22H25NO5. The average Bonchev–Trinajstić information content (AvgIpc) is 3.56. The van der Waals surface area contributed by atoms with Crippen molar-refractivity contribution in [3.63, 3.8) is 0 Å². The van der Waals surface area contributed by atoms with Gasteiger partial charge in [-0.2, -0.15) is 0 Å². The first kappa shape index (κ1) is 19.7. The normalized spacial score (nSPS) is 14.0. The SMILES string of the molecule is CCOc1ccccc1OCC(=O)OCC(=O)NC(c1ccccc1)C1CC1. The summed E-state index contributed by atoms with van der Waals surface area (Å²) < 4.78 is 15.9. The van der Waals surface area contributed by atoms with Crippen molar-refractivity contribution < 1.29 is 23.8 Å². The van der Waals surface area contributed by atoms with E-state index in [0.29, 0.717) is 24.0 Å². The molecule has 1 unspecified atom stereocenters. The highest BCUT2D eigenvalue weighted by Gasteiger charge is 2.33. The van der Waals surface area contributed by atoms with Gasteiger partial charge in [-0.25, -0.2) is 4.79 Å². The van der Waals surface area contributed by atoms with Crippen LogP contribution in [0, 0.1) is 5.92 Å². The number of carbonyl (C=O) groups excluding carboxylic acids is 2. The van der Waals surface area contributed by atoms with Crippen molar-refractivity contribution in [2.75, 3.05) is 19.8 Å². The molecule has 1 atom stereocenters. The predicted octanol–water partition coefficient (Wildman–Crippen LogP) is 3.27. The lowest BCUT2D eigenvalue weighted by molar-refractivity contribution is -0.150. The summed E-state index contributed by atoms with van der Waals surface area (Å²) in [5, 5.41) is 2.97. The molecule has 1 aliphatic rings. The van der Waals surface area contributed by atoms with Gasteiger partial charge in [0.25, 0.3) is 5.91 Å². The van der Waals surface area contributed by atoms with Gasteiger partial charge >= 0.3 is 5.97 Å². The number of para-hydroxylation sites is 2. The van der Waals surface area contributed by atoms with Crippen LogP contribution in [0.4, 0.5) is 0 Å². The number of carbonyl (C=O) groups is 2. The van der Waals surface area contributed by atoms with Crippen molar-refractivity contribution in [2.24, 2.45) is 5.92 Å². The van der Waals surface area contributed by atoms with Crippen molar-refractivity contribution in [3.8, 4) is 11.5 Å². The van der Waals surface area contributed by atoms with E-state index in [1.54, 1.807) is 18.2 Å². The van der Waals surface area contributed by atoms with Gasteiger partial charge in [-0.1, -0.05) is 42.5 Å². The number of rotatable bonds is 10. The molecule has 0 aliphatic heterocycles. The van der Waals surface area contributed by atoms with Gasteiger partial charge in [0, 0.05) is 0 Å². The first-order chi connectivity index (χ1) is 13.7. The Morgan fingerprint density at radius 2 is 1.61 bits per heavy atom. The van der Waals surface area contributed by atoms with Crippen LogP contribution in [0.5, 0.6) is 11.5 Å². The Hall–Kier alpha value is -3.02. The van der Waals surface area contributed by atoms with E-state index in [1.165, 1.54) is 0 Å². The van der Waals surface area contributed by atoms with Crippen LogP contribution in [0.3, 0.4) is 0 Å². The summed E-state index contributed by atoms with van der Waals surface area (Å²) >= 11 is 0. The van der Waals surface area contributed by atoms with Crippen LogP contribution in [0.25, 0.3) is 0 Å². The minimum Gasteiger partial charge on any atom is -0.490 e. The third-order valence-corrected chi connectivity index (χ3v) is 4.43. The Labute approximate surface area is 164 Å². The van der Waals surface area contributed by atoms with Crippen LogP contribution < -0.4 is 14.8 Å². The van der Waals surface area contributed by atoms with E-state index < -0.39 is 5.97 Å². The van der Waals surface area contributed by atoms with Crippen molar-refractivity contribution >= 4 is 11.9 Å². The van der Waals surface area contributed by atoms with Crippen molar-refractivity contribution in [2.45, 2.75) is 25.8 Å². The highest BCUT2D eigenvalue weighted by atomic mass is 16.6. The Kier molecular flexibility index (Phi) is 6.89. The maximum atomic E-state index is 12.2. The highest BCUT2D eigenvalue weighted by Crippen LogP contribution is 2.40. The zero-order valence-electron chi connectivity index (χ0n) is 15.9. The van der Waals surface area contributed by atoms with Crippen molar-refractivity contribution in [1.29, 1.82) is 0 Å². The van der Waals surface area contributed by atoms with Crippen LogP contribution in [0.15, 0.2) is 54.6 Å². The minimum absolute atomic E-state index is 0.0401. The van der Waals surface area contributed by atoms with Crippen molar-refractivity contribution in [3.05, 3.63) is 60.2 Å². The molecule has 0 heterocycles. The van der Waals surface area contributed by atoms with Crippen molar-refractivity contribution in [1.82, 2.24) is 5.32 Å². The van der Waals surface area contributed by atoms with Gasteiger partial charge in [0.05, 0.1) is 12.6 Å². The monoisotopic (exact) mass is 383 g/mol. The molecule has 6 nitrogen and oxygen atoms in total. The lowest BCUT2D eigenvalue weighted by Crippen LogP contribution is -2.34. The Bertz CT molecular complexity index is 789. The van der Waals surface area contributed by atoms with E-state index in [4.69, 9.17) is 14.2 Å². The topological polar surface area (TPSA) is 73.9 Å². The summed E-state index contributed by atoms with van der Waals surface area (Å²) in [7, 11) is 0. The van der Waals surface area contributed by atoms with Gasteiger partial charge in [0.2, 0.25) is 0 Å². The van der Waals surface area contributed by atoms with Crippen LogP contribution >= 0.6 is 0 Å². The second-order valence-electron chi connectivity index (χ2n) is 6.62. The van der Waals surface area contributed by atoms with E-state index in [-0.39, 0.29) is 25.2 Å². The zero-order valence-corrected chi connectivity index (χ0v) is 15.9. The van der Waals surface area contributed by atoms with E-state index >= 15 is 0 Å². The molecule has 0 radical (unpaired) electrons. The van der Waals surface area contributed by atoms with E-state index in [2.05, 4.69) is 5.32 Å². The molecule has 1 fully saturated rings. The lowest BCUT2D eigenvalue weighted by Gasteiger charge is -2.18. The molecule has 0 bridgehead atoms.